The predicted octanol–water partition coefficient (Wildman–Crippen LogP) is 4.09. The van der Waals surface area contributed by atoms with Crippen molar-refractivity contribution >= 4 is 0 Å². The average Bonchev–Trinajstić information content (AvgIpc) is 2.36. The summed E-state index contributed by atoms with van der Waals surface area (Å²) in [6.07, 6.45) is 0. The summed E-state index contributed by atoms with van der Waals surface area (Å²) < 4.78 is 45.4. The standard InChI is InChI=1S/C14H11F3O/c1-8-3-4-9(7-11(8)15)10-5-6-12(18-2)14(17)13(10)16/h3-7H,1-2H3. The molecule has 0 heterocycles. The van der Waals surface area contributed by atoms with Gasteiger partial charge in [0.25, 0.3) is 0 Å². The highest BCUT2D eigenvalue weighted by atomic mass is 19.2. The molecule has 0 aliphatic carbocycles. The van der Waals surface area contributed by atoms with E-state index in [1.54, 1.807) is 13.0 Å². The minimum absolute atomic E-state index is 0.00667. The SMILES string of the molecule is COc1ccc(-c2ccc(C)c(F)c2)c(F)c1F. The van der Waals surface area contributed by atoms with Gasteiger partial charge in [0, 0.05) is 5.56 Å². The van der Waals surface area contributed by atoms with E-state index >= 15 is 0 Å². The van der Waals surface area contributed by atoms with Crippen molar-refractivity contribution in [2.45, 2.75) is 6.92 Å². The van der Waals surface area contributed by atoms with Crippen LogP contribution in [0.1, 0.15) is 5.56 Å². The first-order valence-electron chi connectivity index (χ1n) is 5.33. The van der Waals surface area contributed by atoms with Gasteiger partial charge in [0.2, 0.25) is 5.82 Å². The number of hydrogen-bond donors (Lipinski definition) is 0. The maximum Gasteiger partial charge on any atom is 0.201 e. The van der Waals surface area contributed by atoms with Crippen molar-refractivity contribution in [1.82, 2.24) is 0 Å². The topological polar surface area (TPSA) is 9.23 Å². The van der Waals surface area contributed by atoms with E-state index in [0.29, 0.717) is 5.56 Å². The van der Waals surface area contributed by atoms with Crippen molar-refractivity contribution in [2.75, 3.05) is 7.11 Å². The third-order valence-corrected chi connectivity index (χ3v) is 2.75. The minimum Gasteiger partial charge on any atom is -0.494 e. The molecule has 0 saturated carbocycles. The van der Waals surface area contributed by atoms with Crippen LogP contribution in [0.4, 0.5) is 13.2 Å². The third kappa shape index (κ3) is 2.06. The van der Waals surface area contributed by atoms with Gasteiger partial charge in [-0.1, -0.05) is 12.1 Å². The Kier molecular flexibility index (Phi) is 3.28. The second-order valence-corrected chi connectivity index (χ2v) is 3.91. The van der Waals surface area contributed by atoms with Crippen LogP contribution in [0.3, 0.4) is 0 Å². The van der Waals surface area contributed by atoms with Gasteiger partial charge in [-0.15, -0.1) is 0 Å². The summed E-state index contributed by atoms with van der Waals surface area (Å²) in [5.74, 6) is -2.75. The fraction of sp³-hybridized carbons (Fsp3) is 0.143. The zero-order valence-electron chi connectivity index (χ0n) is 9.93. The van der Waals surface area contributed by atoms with Crippen LogP contribution >= 0.6 is 0 Å². The smallest absolute Gasteiger partial charge is 0.201 e. The van der Waals surface area contributed by atoms with Gasteiger partial charge >= 0.3 is 0 Å². The second-order valence-electron chi connectivity index (χ2n) is 3.91. The van der Waals surface area contributed by atoms with Crippen LogP contribution in [0.25, 0.3) is 11.1 Å². The summed E-state index contributed by atoms with van der Waals surface area (Å²) in [5.41, 5.74) is 0.748. The van der Waals surface area contributed by atoms with Crippen molar-refractivity contribution in [3.8, 4) is 16.9 Å². The lowest BCUT2D eigenvalue weighted by Gasteiger charge is -2.08. The Morgan fingerprint density at radius 1 is 0.944 bits per heavy atom. The fourth-order valence-corrected chi connectivity index (χ4v) is 1.67. The van der Waals surface area contributed by atoms with Gasteiger partial charge in [-0.25, -0.2) is 8.78 Å². The molecule has 0 unspecified atom stereocenters. The van der Waals surface area contributed by atoms with Gasteiger partial charge in [-0.2, -0.15) is 4.39 Å². The first-order valence-corrected chi connectivity index (χ1v) is 5.33. The van der Waals surface area contributed by atoms with Crippen LogP contribution in [-0.2, 0) is 0 Å². The van der Waals surface area contributed by atoms with E-state index in [2.05, 4.69) is 4.74 Å². The number of hydrogen-bond acceptors (Lipinski definition) is 1. The number of rotatable bonds is 2. The van der Waals surface area contributed by atoms with Crippen molar-refractivity contribution < 1.29 is 17.9 Å². The molecule has 0 bridgehead atoms. The van der Waals surface area contributed by atoms with Crippen molar-refractivity contribution in [1.29, 1.82) is 0 Å². The summed E-state index contributed by atoms with van der Waals surface area (Å²) in [5, 5.41) is 0. The van der Waals surface area contributed by atoms with Gasteiger partial charge in [0.05, 0.1) is 7.11 Å². The highest BCUT2D eigenvalue weighted by Gasteiger charge is 2.15. The Morgan fingerprint density at radius 2 is 1.67 bits per heavy atom. The van der Waals surface area contributed by atoms with E-state index in [4.69, 9.17) is 0 Å². The van der Waals surface area contributed by atoms with Gasteiger partial charge in [-0.3, -0.25) is 0 Å². The molecule has 2 aromatic rings. The van der Waals surface area contributed by atoms with Crippen LogP contribution in [0.2, 0.25) is 0 Å². The highest BCUT2D eigenvalue weighted by molar-refractivity contribution is 5.65. The molecule has 0 aliphatic heterocycles. The lowest BCUT2D eigenvalue weighted by Crippen LogP contribution is -1.95. The quantitative estimate of drug-likeness (QED) is 0.782. The Hall–Kier alpha value is -1.97. The van der Waals surface area contributed by atoms with E-state index in [0.717, 1.165) is 0 Å². The van der Waals surface area contributed by atoms with Crippen LogP contribution < -0.4 is 4.74 Å². The molecule has 18 heavy (non-hydrogen) atoms. The van der Waals surface area contributed by atoms with E-state index in [-0.39, 0.29) is 16.9 Å². The number of halogens is 3. The summed E-state index contributed by atoms with van der Waals surface area (Å²) >= 11 is 0. The second kappa shape index (κ2) is 4.72. The Labute approximate surface area is 103 Å². The van der Waals surface area contributed by atoms with E-state index < -0.39 is 17.5 Å². The van der Waals surface area contributed by atoms with Crippen LogP contribution in [0.5, 0.6) is 5.75 Å². The maximum absolute atomic E-state index is 13.8. The fourth-order valence-electron chi connectivity index (χ4n) is 1.67. The van der Waals surface area contributed by atoms with Crippen LogP contribution in [0.15, 0.2) is 30.3 Å². The molecule has 0 amide bonds. The summed E-state index contributed by atoms with van der Waals surface area (Å²) in [6.45, 7) is 1.60. The maximum atomic E-state index is 13.8. The zero-order chi connectivity index (χ0) is 13.3. The molecule has 0 fully saturated rings. The van der Waals surface area contributed by atoms with Crippen LogP contribution in [-0.4, -0.2) is 7.11 Å². The monoisotopic (exact) mass is 252 g/mol. The number of aryl methyl sites for hydroxylation is 1. The third-order valence-electron chi connectivity index (χ3n) is 2.75. The first-order chi connectivity index (χ1) is 8.54. The summed E-state index contributed by atoms with van der Waals surface area (Å²) in [7, 11) is 1.25. The molecular formula is C14H11F3O. The molecule has 4 heteroatoms. The van der Waals surface area contributed by atoms with Gasteiger partial charge < -0.3 is 4.74 Å². The average molecular weight is 252 g/mol. The lowest BCUT2D eigenvalue weighted by atomic mass is 10.0. The van der Waals surface area contributed by atoms with Gasteiger partial charge in [0.1, 0.15) is 5.82 Å². The van der Waals surface area contributed by atoms with Crippen LogP contribution in [0, 0.1) is 24.4 Å². The first kappa shape index (κ1) is 12.5. The molecule has 94 valence electrons. The molecule has 2 aromatic carbocycles. The molecule has 0 aliphatic rings. The summed E-state index contributed by atoms with van der Waals surface area (Å²) in [6, 6.07) is 6.92. The van der Waals surface area contributed by atoms with Gasteiger partial charge in [-0.05, 0) is 36.2 Å². The summed E-state index contributed by atoms with van der Waals surface area (Å²) in [4.78, 5) is 0. The number of benzene rings is 2. The molecule has 0 saturated heterocycles. The van der Waals surface area contributed by atoms with E-state index in [1.165, 1.54) is 31.4 Å². The lowest BCUT2D eigenvalue weighted by molar-refractivity contribution is 0.372. The van der Waals surface area contributed by atoms with Crippen molar-refractivity contribution in [2.24, 2.45) is 0 Å². The zero-order valence-corrected chi connectivity index (χ0v) is 9.93. The van der Waals surface area contributed by atoms with E-state index in [1.807, 2.05) is 0 Å². The van der Waals surface area contributed by atoms with Gasteiger partial charge in [0.15, 0.2) is 11.6 Å². The Morgan fingerprint density at radius 3 is 2.28 bits per heavy atom. The van der Waals surface area contributed by atoms with Crippen molar-refractivity contribution in [3.05, 3.63) is 53.3 Å². The molecule has 0 aromatic heterocycles. The normalized spacial score (nSPS) is 10.5. The Balaban J connectivity index is 2.57. The Bertz CT molecular complexity index is 594. The van der Waals surface area contributed by atoms with E-state index in [9.17, 15) is 13.2 Å². The molecule has 0 N–H and O–H groups in total. The number of ether oxygens (including phenoxy) is 1. The highest BCUT2D eigenvalue weighted by Crippen LogP contribution is 2.30. The molecule has 0 spiro atoms. The van der Waals surface area contributed by atoms with Crippen molar-refractivity contribution in [3.63, 3.8) is 0 Å². The largest absolute Gasteiger partial charge is 0.494 e. The molecule has 0 atom stereocenters. The number of methoxy groups -OCH3 is 1. The molecule has 1 nitrogen and oxygen atoms in total. The predicted molar refractivity (Wildman–Crippen MR) is 63.0 cm³/mol. The molecular weight excluding hydrogens is 241 g/mol. The minimum atomic E-state index is -1.07. The molecule has 2 rings (SSSR count). The molecule has 0 radical (unpaired) electrons.